The lowest BCUT2D eigenvalue weighted by Crippen LogP contribution is -2.51. The summed E-state index contributed by atoms with van der Waals surface area (Å²) in [5, 5.41) is 30.3. The van der Waals surface area contributed by atoms with Crippen molar-refractivity contribution < 1.29 is 51.3 Å². The van der Waals surface area contributed by atoms with Gasteiger partial charge in [0.15, 0.2) is 16.9 Å². The molecule has 0 aliphatic rings. The molecule has 12 aromatic rings. The number of halogens is 4. The molecule has 25 nitrogen and oxygen atoms in total. The van der Waals surface area contributed by atoms with Gasteiger partial charge in [-0.2, -0.15) is 0 Å². The van der Waals surface area contributed by atoms with E-state index in [2.05, 4.69) is 35.9 Å². The Bertz CT molecular complexity index is 5240. The Hall–Kier alpha value is -13.2. The van der Waals surface area contributed by atoms with Crippen LogP contribution in [0.15, 0.2) is 222 Å². The van der Waals surface area contributed by atoms with Crippen LogP contribution in [0.4, 0.5) is 50.9 Å². The van der Waals surface area contributed by atoms with Crippen molar-refractivity contribution in [3.8, 4) is 11.4 Å². The van der Waals surface area contributed by atoms with Gasteiger partial charge in [0, 0.05) is 24.0 Å². The number of imide groups is 1. The largest absolute Gasteiger partial charge is 0.444 e. The molecule has 0 aliphatic carbocycles. The van der Waals surface area contributed by atoms with Gasteiger partial charge in [-0.1, -0.05) is 118 Å². The number of carbonyl (C=O) groups excluding carboxylic acids is 4. The van der Waals surface area contributed by atoms with Crippen LogP contribution in [0.25, 0.3) is 44.2 Å². The van der Waals surface area contributed by atoms with Gasteiger partial charge in [-0.15, -0.1) is 0 Å². The lowest BCUT2D eigenvalue weighted by atomic mass is 10.1. The van der Waals surface area contributed by atoms with Crippen LogP contribution in [0.3, 0.4) is 0 Å². The smallest absolute Gasteiger partial charge is 0.408 e. The first-order valence-corrected chi connectivity index (χ1v) is 32.3. The van der Waals surface area contributed by atoms with Crippen molar-refractivity contribution in [1.29, 1.82) is 0 Å². The predicted molar refractivity (Wildman–Crippen MR) is 385 cm³/mol. The van der Waals surface area contributed by atoms with Crippen LogP contribution in [-0.4, -0.2) is 79.4 Å². The number of H-pyrrole nitrogens is 1. The second-order valence-corrected chi connectivity index (χ2v) is 23.8. The van der Waals surface area contributed by atoms with E-state index in [4.69, 9.17) is 15.5 Å². The average Bonchev–Trinajstić information content (AvgIpc) is 0.845. The molecule has 0 spiro atoms. The van der Waals surface area contributed by atoms with Gasteiger partial charge in [0.2, 0.25) is 0 Å². The average molecular weight is 1420 g/mol. The number of nitro groups is 2. The minimum atomic E-state index is -1.23. The Balaban J connectivity index is 0.000000164. The number of alkyl carbamates (subject to hydrolysis) is 1. The molecule has 532 valence electrons. The summed E-state index contributed by atoms with van der Waals surface area (Å²) in [6.07, 6.45) is 3.73. The highest BCUT2D eigenvalue weighted by molar-refractivity contribution is 6.24. The fourth-order valence-corrected chi connectivity index (χ4v) is 10.7. The van der Waals surface area contributed by atoms with Crippen LogP contribution in [0, 0.1) is 43.5 Å². The summed E-state index contributed by atoms with van der Waals surface area (Å²) in [5.74, 6) is -4.71. The van der Waals surface area contributed by atoms with E-state index in [0.717, 1.165) is 35.8 Å². The van der Waals surface area contributed by atoms with Gasteiger partial charge in [0.25, 0.3) is 40.2 Å². The third-order valence-corrected chi connectivity index (χ3v) is 15.6. The molecule has 0 unspecified atom stereocenters. The number of imidazole rings is 1. The maximum absolute atomic E-state index is 14.6. The Morgan fingerprint density at radius 2 is 1.08 bits per heavy atom. The zero-order valence-corrected chi connectivity index (χ0v) is 56.7. The number of hydrogen-bond donors (Lipinski definition) is 5. The van der Waals surface area contributed by atoms with Crippen molar-refractivity contribution in [2.75, 3.05) is 15.5 Å². The summed E-state index contributed by atoms with van der Waals surface area (Å²) in [4.78, 5) is 119. The highest BCUT2D eigenvalue weighted by atomic mass is 19.1. The van der Waals surface area contributed by atoms with Gasteiger partial charge in [-0.05, 0) is 131 Å². The number of pyridine rings is 1. The van der Waals surface area contributed by atoms with E-state index in [9.17, 15) is 66.6 Å². The first-order valence-electron chi connectivity index (χ1n) is 32.3. The van der Waals surface area contributed by atoms with E-state index >= 15 is 0 Å². The number of ether oxygens (including phenoxy) is 1. The quantitative estimate of drug-likeness (QED) is 0.0321. The van der Waals surface area contributed by atoms with Crippen LogP contribution >= 0.6 is 0 Å². The van der Waals surface area contributed by atoms with E-state index in [1.165, 1.54) is 45.5 Å². The highest BCUT2D eigenvalue weighted by Gasteiger charge is 2.37. The number of carbonyl (C=O) groups is 4. The molecule has 4 heterocycles. The lowest BCUT2D eigenvalue weighted by Gasteiger charge is -2.27. The fourth-order valence-electron chi connectivity index (χ4n) is 10.7. The Morgan fingerprint density at radius 3 is 1.59 bits per heavy atom. The standard InChI is InChI=1S/C23H19FN6O.C22H24FN3O6.C17H16FN3O.C13H9FN2O3/c1-2-16(28-21-20-18(11-12-25-21)26-13-27-20)22-29-17-10-6-9-15(24)19(17)23(31)30(22)14-7-4-3-5-8-14;1-5-16(24-21(29)32-22(2,3)4)19(27)25(14-10-7-6-8-11-14)20(28)18-15(23)12-9-13-17(18)26(30)31;1-2-13(19)16-20-14-10-6-9-12(18)15(14)17(22)21(16)11-7-4-3-5-8-11;14-10-7-4-8-11(16(18)19)12(10)13(17)15-9-5-2-1-3-6-9/h3-13,16H,2H2,1H3,(H,25,28)(H,26,27);6-13,16H,5H2,1-4H3,(H,24,29);3-10,13H,2,19H2,1H3;1-8H,(H,15,17)/t2*16-;13-;/m000./s1. The second-order valence-electron chi connectivity index (χ2n) is 23.8. The Kier molecular flexibility index (Phi) is 24.4. The molecule has 6 N–H and O–H groups in total. The molecule has 0 aliphatic heterocycles. The van der Waals surface area contributed by atoms with Crippen molar-refractivity contribution in [2.24, 2.45) is 5.73 Å². The number of nitrogens with zero attached hydrogens (tertiary/aromatic N) is 9. The molecular weight excluding hydrogens is 1350 g/mol. The fraction of sp³-hybridized carbons (Fsp3) is 0.173. The van der Waals surface area contributed by atoms with Crippen molar-refractivity contribution >= 4 is 85.2 Å². The van der Waals surface area contributed by atoms with Crippen molar-refractivity contribution in [3.05, 3.63) is 300 Å². The molecular formula is C75H68F4N14O11. The van der Waals surface area contributed by atoms with Gasteiger partial charge in [-0.25, -0.2) is 47.2 Å². The molecule has 4 aromatic heterocycles. The number of benzene rings is 8. The SMILES string of the molecule is CC[C@H](N)c1nc2cccc(F)c2c(=O)n1-c1ccccc1.CC[C@H](NC(=O)OC(C)(C)C)C(=O)N(C(=O)c1c(F)cccc1[N+](=O)[O-])c1ccccc1.CC[C@H](Nc1nccc2[nH]cnc12)c1nc2cccc(F)c2c(=O)n1-c1ccccc1.O=C(Nc1ccccc1)c1c(F)cccc1[N+](=O)[O-]. The van der Waals surface area contributed by atoms with E-state index in [0.29, 0.717) is 68.8 Å². The van der Waals surface area contributed by atoms with Crippen molar-refractivity contribution in [2.45, 2.75) is 84.5 Å². The zero-order valence-electron chi connectivity index (χ0n) is 56.7. The number of aromatic amines is 1. The molecule has 0 saturated carbocycles. The number of para-hydroxylation sites is 4. The van der Waals surface area contributed by atoms with E-state index in [-0.39, 0.29) is 28.9 Å². The molecule has 0 radical (unpaired) electrons. The third-order valence-electron chi connectivity index (χ3n) is 15.6. The number of amides is 4. The van der Waals surface area contributed by atoms with Crippen LogP contribution in [0.2, 0.25) is 0 Å². The summed E-state index contributed by atoms with van der Waals surface area (Å²) >= 11 is 0. The van der Waals surface area contributed by atoms with E-state index in [1.807, 2.05) is 56.3 Å². The van der Waals surface area contributed by atoms with Gasteiger partial charge in [0.1, 0.15) is 62.8 Å². The second kappa shape index (κ2) is 33.8. The summed E-state index contributed by atoms with van der Waals surface area (Å²) in [6, 6.07) is 49.1. The lowest BCUT2D eigenvalue weighted by molar-refractivity contribution is -0.385. The minimum Gasteiger partial charge on any atom is -0.444 e. The molecule has 29 heteroatoms. The predicted octanol–water partition coefficient (Wildman–Crippen LogP) is 14.5. The topological polar surface area (TPSA) is 340 Å². The monoisotopic (exact) mass is 1420 g/mol. The number of hydrogen-bond acceptors (Lipinski definition) is 17. The zero-order chi connectivity index (χ0) is 74.9. The summed E-state index contributed by atoms with van der Waals surface area (Å²) in [5.41, 5.74) is 5.56. The number of nitrogens with two attached hydrogens (primary N) is 1. The van der Waals surface area contributed by atoms with E-state index < -0.39 is 108 Å². The molecule has 3 atom stereocenters. The summed E-state index contributed by atoms with van der Waals surface area (Å²) in [7, 11) is 0. The van der Waals surface area contributed by atoms with Gasteiger partial charge in [-0.3, -0.25) is 53.3 Å². The molecule has 104 heavy (non-hydrogen) atoms. The number of nitro benzene ring substituents is 2. The molecule has 0 fully saturated rings. The number of nitrogens with one attached hydrogen (secondary N) is 4. The number of aromatic nitrogens is 7. The van der Waals surface area contributed by atoms with Crippen molar-refractivity contribution in [3.63, 3.8) is 0 Å². The number of fused-ring (bicyclic) bond motifs is 3. The summed E-state index contributed by atoms with van der Waals surface area (Å²) in [6.45, 7) is 10.4. The molecule has 8 aromatic carbocycles. The first-order chi connectivity index (χ1) is 49.8. The van der Waals surface area contributed by atoms with Gasteiger partial charge in [0.05, 0.1) is 61.9 Å². The van der Waals surface area contributed by atoms with Crippen LogP contribution < -0.4 is 37.7 Å². The maximum atomic E-state index is 14.6. The normalized spacial score (nSPS) is 11.8. The third kappa shape index (κ3) is 17.5. The molecule has 0 saturated heterocycles. The maximum Gasteiger partial charge on any atom is 0.408 e. The van der Waals surface area contributed by atoms with Crippen molar-refractivity contribution in [1.82, 2.24) is 39.4 Å². The van der Waals surface area contributed by atoms with Crippen LogP contribution in [-0.2, 0) is 9.53 Å². The van der Waals surface area contributed by atoms with E-state index in [1.54, 1.807) is 131 Å². The minimum absolute atomic E-state index is 0.0154. The Morgan fingerprint density at radius 1 is 0.596 bits per heavy atom. The molecule has 12 rings (SSSR count). The highest BCUT2D eigenvalue weighted by Crippen LogP contribution is 2.31. The van der Waals surface area contributed by atoms with Gasteiger partial charge >= 0.3 is 6.09 Å². The molecule has 4 amide bonds. The van der Waals surface area contributed by atoms with Crippen LogP contribution in [0.5, 0.6) is 0 Å². The Labute approximate surface area is 590 Å². The number of anilines is 3. The van der Waals surface area contributed by atoms with Gasteiger partial charge < -0.3 is 31.4 Å². The summed E-state index contributed by atoms with van der Waals surface area (Å²) < 4.78 is 64.8. The number of rotatable bonds is 17. The first kappa shape index (κ1) is 75.0. The molecule has 0 bridgehead atoms. The van der Waals surface area contributed by atoms with Crippen LogP contribution in [0.1, 0.15) is 105 Å².